The molecule has 0 aromatic carbocycles. The Morgan fingerprint density at radius 2 is 2.54 bits per heavy atom. The summed E-state index contributed by atoms with van der Waals surface area (Å²) in [5, 5.41) is 10.4. The van der Waals surface area contributed by atoms with Crippen LogP contribution in [0, 0.1) is 11.3 Å². The van der Waals surface area contributed by atoms with E-state index in [1.807, 2.05) is 13.0 Å². The molecule has 1 rings (SSSR count). The minimum absolute atomic E-state index is 0.182. The van der Waals surface area contributed by atoms with Crippen LogP contribution in [0.4, 0.5) is 0 Å². The lowest BCUT2D eigenvalue weighted by Gasteiger charge is -2.08. The summed E-state index contributed by atoms with van der Waals surface area (Å²) in [5.41, 5.74) is 0. The van der Waals surface area contributed by atoms with E-state index >= 15 is 0 Å². The molecule has 0 saturated carbocycles. The van der Waals surface area contributed by atoms with E-state index < -0.39 is 0 Å². The van der Waals surface area contributed by atoms with Gasteiger partial charge in [0.05, 0.1) is 12.2 Å². The summed E-state index contributed by atoms with van der Waals surface area (Å²) in [7, 11) is 0. The first kappa shape index (κ1) is 10.2. The third-order valence-corrected chi connectivity index (χ3v) is 2.75. The zero-order valence-electron chi connectivity index (χ0n) is 7.69. The molecule has 70 valence electrons. The van der Waals surface area contributed by atoms with Gasteiger partial charge < -0.3 is 4.74 Å². The lowest BCUT2D eigenvalue weighted by atomic mass is 10.2. The van der Waals surface area contributed by atoms with Crippen LogP contribution in [0.15, 0.2) is 17.5 Å². The summed E-state index contributed by atoms with van der Waals surface area (Å²) in [6.07, 6.45) is 2.22. The number of aryl methyl sites for hydroxylation is 1. The predicted molar refractivity (Wildman–Crippen MR) is 53.7 cm³/mol. The van der Waals surface area contributed by atoms with Crippen LogP contribution in [0.5, 0.6) is 0 Å². The quantitative estimate of drug-likeness (QED) is 0.723. The van der Waals surface area contributed by atoms with Crippen LogP contribution in [-0.4, -0.2) is 12.7 Å². The first-order valence-corrected chi connectivity index (χ1v) is 5.22. The minimum atomic E-state index is 0.182. The highest BCUT2D eigenvalue weighted by molar-refractivity contribution is 7.09. The van der Waals surface area contributed by atoms with Gasteiger partial charge in [0.25, 0.3) is 0 Å². The molecule has 0 saturated heterocycles. The molecule has 1 aromatic rings. The van der Waals surface area contributed by atoms with Gasteiger partial charge in [0.2, 0.25) is 0 Å². The maximum atomic E-state index is 8.29. The molecule has 3 heteroatoms. The van der Waals surface area contributed by atoms with E-state index in [-0.39, 0.29) is 12.7 Å². The van der Waals surface area contributed by atoms with E-state index in [0.717, 1.165) is 12.8 Å². The lowest BCUT2D eigenvalue weighted by Crippen LogP contribution is -2.09. The average molecular weight is 195 g/mol. The molecular weight excluding hydrogens is 182 g/mol. The maximum absolute atomic E-state index is 8.29. The molecule has 0 spiro atoms. The van der Waals surface area contributed by atoms with Crippen molar-refractivity contribution >= 4 is 11.3 Å². The Morgan fingerprint density at radius 3 is 3.15 bits per heavy atom. The van der Waals surface area contributed by atoms with Crippen molar-refractivity contribution in [1.82, 2.24) is 0 Å². The van der Waals surface area contributed by atoms with Crippen molar-refractivity contribution in [1.29, 1.82) is 5.26 Å². The Labute approximate surface area is 82.8 Å². The smallest absolute Gasteiger partial charge is 0.134 e. The molecule has 0 amide bonds. The molecule has 0 radical (unpaired) electrons. The molecule has 13 heavy (non-hydrogen) atoms. The summed E-state index contributed by atoms with van der Waals surface area (Å²) >= 11 is 1.77. The van der Waals surface area contributed by atoms with Crippen molar-refractivity contribution in [3.63, 3.8) is 0 Å². The number of ether oxygens (including phenoxy) is 1. The van der Waals surface area contributed by atoms with Crippen molar-refractivity contribution < 1.29 is 4.74 Å². The lowest BCUT2D eigenvalue weighted by molar-refractivity contribution is 0.0852. The fraction of sp³-hybridized carbons (Fsp3) is 0.500. The highest BCUT2D eigenvalue weighted by atomic mass is 32.1. The number of nitrogens with zero attached hydrogens (tertiary/aromatic N) is 1. The summed E-state index contributed by atoms with van der Waals surface area (Å²) < 4.78 is 5.23. The highest BCUT2D eigenvalue weighted by Crippen LogP contribution is 2.12. The monoisotopic (exact) mass is 195 g/mol. The van der Waals surface area contributed by atoms with Crippen LogP contribution in [0.25, 0.3) is 0 Å². The molecule has 1 atom stereocenters. The second-order valence-electron chi connectivity index (χ2n) is 2.90. The Hall–Kier alpha value is -0.850. The first-order valence-electron chi connectivity index (χ1n) is 4.34. The maximum Gasteiger partial charge on any atom is 0.134 e. The molecular formula is C10H13NOS. The van der Waals surface area contributed by atoms with Crippen molar-refractivity contribution in [2.75, 3.05) is 6.61 Å². The van der Waals surface area contributed by atoms with Gasteiger partial charge >= 0.3 is 0 Å². The van der Waals surface area contributed by atoms with Gasteiger partial charge in [0.15, 0.2) is 0 Å². The molecule has 0 aliphatic rings. The van der Waals surface area contributed by atoms with E-state index in [1.165, 1.54) is 4.88 Å². The molecule has 0 aliphatic heterocycles. The van der Waals surface area contributed by atoms with Crippen LogP contribution in [0.1, 0.15) is 18.2 Å². The Kier molecular flexibility index (Phi) is 4.52. The first-order chi connectivity index (χ1) is 6.33. The zero-order valence-corrected chi connectivity index (χ0v) is 8.51. The van der Waals surface area contributed by atoms with Crippen molar-refractivity contribution in [3.05, 3.63) is 22.4 Å². The Morgan fingerprint density at radius 1 is 1.69 bits per heavy atom. The third-order valence-electron chi connectivity index (χ3n) is 1.81. The normalized spacial score (nSPS) is 12.3. The van der Waals surface area contributed by atoms with Gasteiger partial charge in [0, 0.05) is 4.88 Å². The Bertz CT molecular complexity index is 263. The summed E-state index contributed by atoms with van der Waals surface area (Å²) in [4.78, 5) is 1.38. The number of hydrogen-bond donors (Lipinski definition) is 0. The van der Waals surface area contributed by atoms with Gasteiger partial charge in [-0.05, 0) is 31.2 Å². The standard InChI is InChI=1S/C10H13NOS/c1-9(12-7-6-11)4-5-10-3-2-8-13-10/h2-3,8-9H,4-5,7H2,1H3. The van der Waals surface area contributed by atoms with E-state index in [1.54, 1.807) is 11.3 Å². The molecule has 1 heterocycles. The number of rotatable bonds is 5. The van der Waals surface area contributed by atoms with Crippen LogP contribution >= 0.6 is 11.3 Å². The fourth-order valence-corrected chi connectivity index (χ4v) is 1.79. The molecule has 2 nitrogen and oxygen atoms in total. The van der Waals surface area contributed by atoms with Gasteiger partial charge in [-0.2, -0.15) is 5.26 Å². The van der Waals surface area contributed by atoms with Gasteiger partial charge in [-0.15, -0.1) is 11.3 Å². The molecule has 0 aliphatic carbocycles. The zero-order chi connectivity index (χ0) is 9.52. The molecule has 1 unspecified atom stereocenters. The van der Waals surface area contributed by atoms with Crippen molar-refractivity contribution in [2.45, 2.75) is 25.9 Å². The van der Waals surface area contributed by atoms with Crippen molar-refractivity contribution in [3.8, 4) is 6.07 Å². The largest absolute Gasteiger partial charge is 0.364 e. The third kappa shape index (κ3) is 4.07. The van der Waals surface area contributed by atoms with Crippen LogP contribution in [0.2, 0.25) is 0 Å². The molecule has 1 aromatic heterocycles. The van der Waals surface area contributed by atoms with E-state index in [4.69, 9.17) is 10.00 Å². The summed E-state index contributed by atoms with van der Waals surface area (Å²) in [6.45, 7) is 2.20. The number of hydrogen-bond acceptors (Lipinski definition) is 3. The molecule has 0 fully saturated rings. The highest BCUT2D eigenvalue weighted by Gasteiger charge is 2.02. The van der Waals surface area contributed by atoms with E-state index in [0.29, 0.717) is 0 Å². The predicted octanol–water partition coefficient (Wildman–Crippen LogP) is 2.61. The average Bonchev–Trinajstić information content (AvgIpc) is 2.64. The molecule has 0 N–H and O–H groups in total. The second-order valence-corrected chi connectivity index (χ2v) is 3.93. The van der Waals surface area contributed by atoms with Crippen LogP contribution < -0.4 is 0 Å². The summed E-state index contributed by atoms with van der Waals surface area (Å²) in [5.74, 6) is 0. The van der Waals surface area contributed by atoms with E-state index in [9.17, 15) is 0 Å². The SMILES string of the molecule is CC(CCc1cccs1)OCC#N. The summed E-state index contributed by atoms with van der Waals surface area (Å²) in [6, 6.07) is 6.16. The van der Waals surface area contributed by atoms with Gasteiger partial charge in [-0.3, -0.25) is 0 Å². The fourth-order valence-electron chi connectivity index (χ4n) is 1.06. The second kappa shape index (κ2) is 5.74. The van der Waals surface area contributed by atoms with Gasteiger partial charge in [-0.25, -0.2) is 0 Å². The van der Waals surface area contributed by atoms with Gasteiger partial charge in [0.1, 0.15) is 6.61 Å². The van der Waals surface area contributed by atoms with Crippen molar-refractivity contribution in [2.24, 2.45) is 0 Å². The number of thiophene rings is 1. The minimum Gasteiger partial charge on any atom is -0.364 e. The van der Waals surface area contributed by atoms with Gasteiger partial charge in [-0.1, -0.05) is 6.07 Å². The van der Waals surface area contributed by atoms with E-state index in [2.05, 4.69) is 17.5 Å². The van der Waals surface area contributed by atoms with Crippen LogP contribution in [-0.2, 0) is 11.2 Å². The number of nitriles is 1. The Balaban J connectivity index is 2.16. The molecule has 0 bridgehead atoms. The van der Waals surface area contributed by atoms with Crippen LogP contribution in [0.3, 0.4) is 0 Å². The topological polar surface area (TPSA) is 33.0 Å².